The van der Waals surface area contributed by atoms with Crippen molar-refractivity contribution in [1.82, 2.24) is 0 Å². The average Bonchev–Trinajstić information content (AvgIpc) is 1.39. The van der Waals surface area contributed by atoms with E-state index in [0.29, 0.717) is 0 Å². The molecule has 0 fully saturated rings. The van der Waals surface area contributed by atoms with Crippen molar-refractivity contribution in [2.24, 2.45) is 0 Å². The molecule has 7 heteroatoms. The van der Waals surface area contributed by atoms with Gasteiger partial charge in [-0.2, -0.15) is 0 Å². The Morgan fingerprint density at radius 1 is 0.714 bits per heavy atom. The minimum Gasteiger partial charge on any atom is -0.373 e. The Morgan fingerprint density at radius 3 is 0.714 bits per heavy atom. The minimum atomic E-state index is 0. The van der Waals surface area contributed by atoms with Crippen LogP contribution in [0.5, 0.6) is 0 Å². The summed E-state index contributed by atoms with van der Waals surface area (Å²) in [6.07, 6.45) is 0. The molecule has 0 aromatic carbocycles. The van der Waals surface area contributed by atoms with Crippen LogP contribution in [-0.2, 0) is 16.8 Å². The zero-order chi connectivity index (χ0) is 5.41. The van der Waals surface area contributed by atoms with Crippen LogP contribution < -0.4 is 0 Å². The molecule has 0 atom stereocenters. The molecule has 0 saturated carbocycles. The maximum absolute atomic E-state index is 6.75. The predicted octanol–water partition coefficient (Wildman–Crippen LogP) is 1.73. The second-order valence-corrected chi connectivity index (χ2v) is 0.179. The third kappa shape index (κ3) is 65.7. The Balaban J connectivity index is -0.0000000400. The zero-order valence-electron chi connectivity index (χ0n) is 3.02. The molecular weight excluding hydrogens is 143 g/mol. The first kappa shape index (κ1) is 16.5. The molecule has 1 radical (unpaired) electrons. The van der Waals surface area contributed by atoms with Gasteiger partial charge >= 0.3 is 16.8 Å². The third-order valence-corrected chi connectivity index (χ3v) is 0. The van der Waals surface area contributed by atoms with Crippen LogP contribution in [0, 0.1) is 0 Å². The van der Waals surface area contributed by atoms with E-state index in [-0.39, 0.29) is 16.8 Å². The van der Waals surface area contributed by atoms with E-state index in [1.165, 1.54) is 9.82 Å². The Morgan fingerprint density at radius 2 is 0.714 bits per heavy atom. The second-order valence-electron chi connectivity index (χ2n) is 0.179. The van der Waals surface area contributed by atoms with Gasteiger partial charge in [-0.1, -0.05) is 0 Å². The fraction of sp³-hybridized carbons (Fsp3) is 0. The van der Waals surface area contributed by atoms with Crippen LogP contribution in [0.15, 0.2) is 0 Å². The van der Waals surface area contributed by atoms with Crippen molar-refractivity contribution >= 4 is 0 Å². The Hall–Kier alpha value is -0.874. The molecule has 6 nitrogen and oxygen atoms in total. The van der Waals surface area contributed by atoms with Gasteiger partial charge < -0.3 is 22.1 Å². The summed E-state index contributed by atoms with van der Waals surface area (Å²) in [6, 6.07) is 0. The monoisotopic (exact) mass is 143 g/mol. The van der Waals surface area contributed by atoms with Gasteiger partial charge in [-0.15, -0.1) is 0 Å². The van der Waals surface area contributed by atoms with E-state index < -0.39 is 0 Å². The van der Waals surface area contributed by atoms with Crippen LogP contribution >= 0.6 is 0 Å². The summed E-state index contributed by atoms with van der Waals surface area (Å²) in [5, 5.41) is 0. The summed E-state index contributed by atoms with van der Waals surface area (Å²) in [7, 11) is 0. The summed E-state index contributed by atoms with van der Waals surface area (Å²) in [6.45, 7) is 0. The SMILES string of the molecule is [Co+2].[N-]=[N+]=[N-].[N-]=[N+]=[N-]. The van der Waals surface area contributed by atoms with Gasteiger partial charge in [0.1, 0.15) is 0 Å². The standard InChI is InChI=1S/Co.2N3/c;2*1-3-2/q+2;2*-1. The molecule has 39 valence electrons. The molecule has 0 saturated heterocycles. The molecule has 0 aromatic rings. The Kier molecular flexibility index (Phi) is 162. The molecule has 0 spiro atoms. The van der Waals surface area contributed by atoms with E-state index in [1.54, 1.807) is 0 Å². The molecule has 0 aromatic heterocycles. The predicted molar refractivity (Wildman–Crippen MR) is 20.2 cm³/mol. The number of hydrogen-bond donors (Lipinski definition) is 0. The van der Waals surface area contributed by atoms with Crippen molar-refractivity contribution in [3.8, 4) is 0 Å². The van der Waals surface area contributed by atoms with Gasteiger partial charge in [0, 0.05) is 0 Å². The van der Waals surface area contributed by atoms with Crippen LogP contribution in [-0.4, -0.2) is 0 Å². The van der Waals surface area contributed by atoms with Crippen molar-refractivity contribution in [1.29, 1.82) is 0 Å². The van der Waals surface area contributed by atoms with Gasteiger partial charge in [-0.05, 0) is 0 Å². The number of rotatable bonds is 0. The first-order valence-electron chi connectivity index (χ1n) is 0.800. The first-order valence-corrected chi connectivity index (χ1v) is 0.800. The molecule has 0 aliphatic carbocycles. The maximum atomic E-state index is 6.75. The van der Waals surface area contributed by atoms with Crippen LogP contribution in [0.25, 0.3) is 31.9 Å². The van der Waals surface area contributed by atoms with Crippen LogP contribution in [0.4, 0.5) is 0 Å². The van der Waals surface area contributed by atoms with E-state index in [1.807, 2.05) is 0 Å². The smallest absolute Gasteiger partial charge is 0.373 e. The van der Waals surface area contributed by atoms with Crippen molar-refractivity contribution in [2.45, 2.75) is 0 Å². The number of hydrogen-bond acceptors (Lipinski definition) is 0. The molecule has 0 aliphatic heterocycles. The van der Waals surface area contributed by atoms with E-state index in [2.05, 4.69) is 0 Å². The molecule has 0 bridgehead atoms. The van der Waals surface area contributed by atoms with Crippen molar-refractivity contribution < 1.29 is 16.8 Å². The van der Waals surface area contributed by atoms with E-state index in [4.69, 9.17) is 22.1 Å². The Bertz CT molecular complexity index is 58.2. The van der Waals surface area contributed by atoms with Gasteiger partial charge in [0.2, 0.25) is 0 Å². The van der Waals surface area contributed by atoms with E-state index in [9.17, 15) is 0 Å². The Labute approximate surface area is 49.5 Å². The fourth-order valence-corrected chi connectivity index (χ4v) is 0. The quantitative estimate of drug-likeness (QED) is 0.278. The van der Waals surface area contributed by atoms with Crippen molar-refractivity contribution in [3.05, 3.63) is 31.9 Å². The van der Waals surface area contributed by atoms with Crippen LogP contribution in [0.3, 0.4) is 0 Å². The van der Waals surface area contributed by atoms with Gasteiger partial charge in [-0.3, -0.25) is 9.82 Å². The minimum absolute atomic E-state index is 0. The van der Waals surface area contributed by atoms with Crippen molar-refractivity contribution in [3.63, 3.8) is 0 Å². The van der Waals surface area contributed by atoms with Crippen molar-refractivity contribution in [2.75, 3.05) is 0 Å². The molecule has 0 heterocycles. The largest absolute Gasteiger partial charge is 2.00 e. The van der Waals surface area contributed by atoms with E-state index >= 15 is 0 Å². The van der Waals surface area contributed by atoms with Gasteiger partial charge in [-0.25, -0.2) is 0 Å². The van der Waals surface area contributed by atoms with E-state index in [0.717, 1.165) is 0 Å². The molecule has 0 unspecified atom stereocenters. The molecule has 0 amide bonds. The molecule has 0 N–H and O–H groups in total. The summed E-state index contributed by atoms with van der Waals surface area (Å²) in [5.41, 5.74) is 27.0. The summed E-state index contributed by atoms with van der Waals surface area (Å²) in [4.78, 5) is 3.00. The zero-order valence-corrected chi connectivity index (χ0v) is 4.06. The fourth-order valence-electron chi connectivity index (χ4n) is 0. The summed E-state index contributed by atoms with van der Waals surface area (Å²) < 4.78 is 0. The first-order chi connectivity index (χ1) is 2.83. The van der Waals surface area contributed by atoms with Crippen LogP contribution in [0.1, 0.15) is 0 Å². The van der Waals surface area contributed by atoms with Gasteiger partial charge in [0.05, 0.1) is 0 Å². The van der Waals surface area contributed by atoms with Crippen LogP contribution in [0.2, 0.25) is 0 Å². The second kappa shape index (κ2) is 68.8. The molecule has 7 heavy (non-hydrogen) atoms. The molecular formula is CoN6. The molecule has 0 rings (SSSR count). The number of nitrogens with zero attached hydrogens (tertiary/aromatic N) is 6. The average molecular weight is 143 g/mol. The maximum Gasteiger partial charge on any atom is 2.00 e. The summed E-state index contributed by atoms with van der Waals surface area (Å²) in [5.74, 6) is 0. The molecule has 0 aliphatic rings. The normalized spacial score (nSPS) is 2.29. The van der Waals surface area contributed by atoms with Gasteiger partial charge in [0.25, 0.3) is 0 Å². The van der Waals surface area contributed by atoms with Gasteiger partial charge in [0.15, 0.2) is 0 Å². The summed E-state index contributed by atoms with van der Waals surface area (Å²) >= 11 is 0. The third-order valence-electron chi connectivity index (χ3n) is 0. The topological polar surface area (TPSA) is 117 Å².